The Hall–Kier alpha value is -0.340. The standard InChI is InChI=1S/C12H28N2O8S2/c1-5-13-11(23(15,16)17)9(3)21-7-8-22-10(4)12(14-6-2)24(18,19)20/h9-14H,5-8H2,1-4H3,(H,15,16,17)(H,18,19,20). The van der Waals surface area contributed by atoms with Crippen molar-refractivity contribution in [1.29, 1.82) is 0 Å². The van der Waals surface area contributed by atoms with E-state index in [0.717, 1.165) is 0 Å². The number of ether oxygens (including phenoxy) is 2. The smallest absolute Gasteiger partial charge is 0.283 e. The molecule has 24 heavy (non-hydrogen) atoms. The molecule has 4 N–H and O–H groups in total. The summed E-state index contributed by atoms with van der Waals surface area (Å²) in [5, 5.41) is 2.66. The van der Waals surface area contributed by atoms with Crippen LogP contribution in [0.5, 0.6) is 0 Å². The van der Waals surface area contributed by atoms with E-state index in [4.69, 9.17) is 18.6 Å². The molecule has 12 heteroatoms. The molecule has 0 heterocycles. The van der Waals surface area contributed by atoms with E-state index in [1.807, 2.05) is 0 Å². The lowest BCUT2D eigenvalue weighted by Crippen LogP contribution is -2.47. The Morgan fingerprint density at radius 3 is 1.29 bits per heavy atom. The van der Waals surface area contributed by atoms with Gasteiger partial charge in [-0.15, -0.1) is 0 Å². The normalized spacial score (nSPS) is 18.1. The first-order chi connectivity index (χ1) is 10.9. The molecule has 0 bridgehead atoms. The minimum absolute atomic E-state index is 0.0206. The van der Waals surface area contributed by atoms with Gasteiger partial charge >= 0.3 is 0 Å². The highest BCUT2D eigenvalue weighted by molar-refractivity contribution is 7.86. The molecule has 0 aromatic rings. The Labute approximate surface area is 143 Å². The maximum atomic E-state index is 11.3. The third-order valence-corrected chi connectivity index (χ3v) is 5.53. The summed E-state index contributed by atoms with van der Waals surface area (Å²) in [6.45, 7) is 6.93. The van der Waals surface area contributed by atoms with Gasteiger partial charge in [-0.2, -0.15) is 16.8 Å². The quantitative estimate of drug-likeness (QED) is 0.237. The fourth-order valence-electron chi connectivity index (χ4n) is 2.07. The molecule has 0 aliphatic rings. The van der Waals surface area contributed by atoms with Crippen molar-refractivity contribution >= 4 is 20.2 Å². The molecule has 0 saturated carbocycles. The minimum Gasteiger partial charge on any atom is -0.373 e. The number of nitrogens with one attached hydrogen (secondary N) is 2. The molecule has 0 aliphatic carbocycles. The molecule has 0 rings (SSSR count). The van der Waals surface area contributed by atoms with Crippen LogP contribution in [0.4, 0.5) is 0 Å². The number of hydrogen-bond acceptors (Lipinski definition) is 8. The van der Waals surface area contributed by atoms with Gasteiger partial charge in [0.15, 0.2) is 10.7 Å². The number of hydrogen-bond donors (Lipinski definition) is 4. The SMILES string of the molecule is CCNC(C(C)OCCOC(C)C(NCC)S(=O)(=O)O)S(=O)(=O)O. The van der Waals surface area contributed by atoms with E-state index in [9.17, 15) is 16.8 Å². The third kappa shape index (κ3) is 8.67. The van der Waals surface area contributed by atoms with E-state index in [-0.39, 0.29) is 13.2 Å². The van der Waals surface area contributed by atoms with E-state index in [1.165, 1.54) is 13.8 Å². The summed E-state index contributed by atoms with van der Waals surface area (Å²) in [4.78, 5) is 0. The van der Waals surface area contributed by atoms with Gasteiger partial charge in [-0.25, -0.2) is 0 Å². The summed E-state index contributed by atoms with van der Waals surface area (Å²) in [5.41, 5.74) is 0. The van der Waals surface area contributed by atoms with Crippen LogP contribution in [0, 0.1) is 0 Å². The summed E-state index contributed by atoms with van der Waals surface area (Å²) in [6.07, 6.45) is -1.69. The van der Waals surface area contributed by atoms with E-state index in [2.05, 4.69) is 10.6 Å². The highest BCUT2D eigenvalue weighted by Gasteiger charge is 2.30. The van der Waals surface area contributed by atoms with E-state index in [0.29, 0.717) is 13.1 Å². The highest BCUT2D eigenvalue weighted by Crippen LogP contribution is 2.08. The number of likely N-dealkylation sites (N-methyl/N-ethyl adjacent to an activating group) is 2. The summed E-state index contributed by atoms with van der Waals surface area (Å²) in [5.74, 6) is 0. The average Bonchev–Trinajstić information content (AvgIpc) is 2.43. The van der Waals surface area contributed by atoms with E-state index < -0.39 is 43.2 Å². The Bertz CT molecular complexity index is 501. The fraction of sp³-hybridized carbons (Fsp3) is 1.00. The third-order valence-electron chi connectivity index (χ3n) is 3.15. The van der Waals surface area contributed by atoms with Crippen LogP contribution in [0.3, 0.4) is 0 Å². The fourth-order valence-corrected chi connectivity index (χ4v) is 3.95. The van der Waals surface area contributed by atoms with Crippen LogP contribution in [0.25, 0.3) is 0 Å². The molecule has 0 amide bonds. The lowest BCUT2D eigenvalue weighted by molar-refractivity contribution is -0.0188. The van der Waals surface area contributed by atoms with Crippen LogP contribution in [0.15, 0.2) is 0 Å². The van der Waals surface area contributed by atoms with Crippen LogP contribution in [-0.2, 0) is 29.7 Å². The molecule has 0 spiro atoms. The van der Waals surface area contributed by atoms with Crippen molar-refractivity contribution in [2.45, 2.75) is 50.7 Å². The predicted octanol–water partition coefficient (Wildman–Crippen LogP) is -0.557. The van der Waals surface area contributed by atoms with Crippen LogP contribution in [0.1, 0.15) is 27.7 Å². The van der Waals surface area contributed by atoms with Crippen molar-refractivity contribution in [2.75, 3.05) is 26.3 Å². The molecule has 0 aliphatic heterocycles. The molecule has 0 aromatic carbocycles. The van der Waals surface area contributed by atoms with Gasteiger partial charge in [-0.1, -0.05) is 13.8 Å². The van der Waals surface area contributed by atoms with Gasteiger partial charge in [-0.05, 0) is 26.9 Å². The maximum Gasteiger partial charge on any atom is 0.283 e. The topological polar surface area (TPSA) is 151 Å². The van der Waals surface area contributed by atoms with Crippen LogP contribution in [-0.4, -0.2) is 75.2 Å². The summed E-state index contributed by atoms with van der Waals surface area (Å²) < 4.78 is 73.9. The van der Waals surface area contributed by atoms with Gasteiger partial charge in [-0.3, -0.25) is 19.7 Å². The molecule has 146 valence electrons. The first kappa shape index (κ1) is 23.7. The molecule has 0 aromatic heterocycles. The van der Waals surface area contributed by atoms with Crippen molar-refractivity contribution in [1.82, 2.24) is 10.6 Å². The van der Waals surface area contributed by atoms with Crippen LogP contribution < -0.4 is 10.6 Å². The van der Waals surface area contributed by atoms with Crippen molar-refractivity contribution in [2.24, 2.45) is 0 Å². The minimum atomic E-state index is -4.32. The second-order valence-corrected chi connectivity index (χ2v) is 8.21. The lowest BCUT2D eigenvalue weighted by atomic mass is 10.4. The van der Waals surface area contributed by atoms with Crippen molar-refractivity contribution in [3.63, 3.8) is 0 Å². The first-order valence-corrected chi connectivity index (χ1v) is 10.6. The van der Waals surface area contributed by atoms with Gasteiger partial charge in [0.05, 0.1) is 25.4 Å². The second-order valence-electron chi connectivity index (χ2n) is 5.14. The van der Waals surface area contributed by atoms with Gasteiger partial charge in [0.1, 0.15) is 0 Å². The molecule has 4 unspecified atom stereocenters. The Morgan fingerprint density at radius 1 is 0.792 bits per heavy atom. The first-order valence-electron chi connectivity index (χ1n) is 7.57. The molecule has 0 fully saturated rings. The molecular formula is C12H28N2O8S2. The zero-order valence-corrected chi connectivity index (χ0v) is 15.9. The Kier molecular flexibility index (Phi) is 10.5. The van der Waals surface area contributed by atoms with Gasteiger partial charge in [0.2, 0.25) is 0 Å². The van der Waals surface area contributed by atoms with Gasteiger partial charge in [0.25, 0.3) is 20.2 Å². The van der Waals surface area contributed by atoms with Crippen molar-refractivity contribution in [3.8, 4) is 0 Å². The summed E-state index contributed by atoms with van der Waals surface area (Å²) in [7, 11) is -8.64. The average molecular weight is 392 g/mol. The van der Waals surface area contributed by atoms with Gasteiger partial charge in [0, 0.05) is 0 Å². The highest BCUT2D eigenvalue weighted by atomic mass is 32.2. The van der Waals surface area contributed by atoms with Gasteiger partial charge < -0.3 is 9.47 Å². The van der Waals surface area contributed by atoms with Crippen LogP contribution in [0.2, 0.25) is 0 Å². The van der Waals surface area contributed by atoms with Crippen LogP contribution >= 0.6 is 0 Å². The Morgan fingerprint density at radius 2 is 1.08 bits per heavy atom. The van der Waals surface area contributed by atoms with Crippen molar-refractivity contribution < 1.29 is 35.4 Å². The second kappa shape index (κ2) is 10.6. The molecule has 0 radical (unpaired) electrons. The molecule has 0 saturated heterocycles. The van der Waals surface area contributed by atoms with E-state index in [1.54, 1.807) is 13.8 Å². The summed E-state index contributed by atoms with van der Waals surface area (Å²) in [6, 6.07) is 0. The molecule has 10 nitrogen and oxygen atoms in total. The van der Waals surface area contributed by atoms with E-state index >= 15 is 0 Å². The maximum absolute atomic E-state index is 11.3. The predicted molar refractivity (Wildman–Crippen MR) is 88.9 cm³/mol. The molecular weight excluding hydrogens is 364 g/mol. The number of rotatable bonds is 13. The zero-order chi connectivity index (χ0) is 19.0. The largest absolute Gasteiger partial charge is 0.373 e. The lowest BCUT2D eigenvalue weighted by Gasteiger charge is -2.24. The Balaban J connectivity index is 4.46. The monoisotopic (exact) mass is 392 g/mol. The summed E-state index contributed by atoms with van der Waals surface area (Å²) >= 11 is 0. The van der Waals surface area contributed by atoms with Crippen molar-refractivity contribution in [3.05, 3.63) is 0 Å². The molecule has 4 atom stereocenters. The zero-order valence-electron chi connectivity index (χ0n) is 14.3.